The topological polar surface area (TPSA) is 74.0 Å². The molecule has 1 unspecified atom stereocenters. The Morgan fingerprint density at radius 2 is 2.05 bits per heavy atom. The van der Waals surface area contributed by atoms with Gasteiger partial charge in [0.15, 0.2) is 0 Å². The standard InChI is InChI=1S/C15H27N3O2S/c1-3-16-10-14-9-15(11-17-14)21(19,20)18-12(2)13-7-5-4-6-8-13/h9,11-13,16-18H,3-8,10H2,1-2H3. The fourth-order valence-electron chi connectivity index (χ4n) is 2.98. The Morgan fingerprint density at radius 3 is 2.71 bits per heavy atom. The van der Waals surface area contributed by atoms with Crippen LogP contribution in [0.2, 0.25) is 0 Å². The number of hydrogen-bond donors (Lipinski definition) is 3. The number of rotatable bonds is 7. The van der Waals surface area contributed by atoms with Crippen molar-refractivity contribution < 1.29 is 8.42 Å². The molecule has 2 rings (SSSR count). The Morgan fingerprint density at radius 1 is 1.33 bits per heavy atom. The molecule has 5 nitrogen and oxygen atoms in total. The number of nitrogens with one attached hydrogen (secondary N) is 3. The maximum atomic E-state index is 12.4. The van der Waals surface area contributed by atoms with E-state index in [9.17, 15) is 8.42 Å². The Kier molecular flexibility index (Phi) is 5.84. The highest BCUT2D eigenvalue weighted by atomic mass is 32.2. The number of aromatic nitrogens is 1. The Bertz CT molecular complexity index is 533. The highest BCUT2D eigenvalue weighted by Crippen LogP contribution is 2.27. The van der Waals surface area contributed by atoms with Gasteiger partial charge in [-0.25, -0.2) is 13.1 Å². The predicted molar refractivity (Wildman–Crippen MR) is 84.5 cm³/mol. The summed E-state index contributed by atoms with van der Waals surface area (Å²) in [5.41, 5.74) is 0.891. The third kappa shape index (κ3) is 4.56. The van der Waals surface area contributed by atoms with E-state index in [0.717, 1.165) is 25.1 Å². The second kappa shape index (κ2) is 7.42. The first kappa shape index (κ1) is 16.5. The van der Waals surface area contributed by atoms with Crippen LogP contribution in [0.5, 0.6) is 0 Å². The largest absolute Gasteiger partial charge is 0.363 e. The third-order valence-corrected chi connectivity index (χ3v) is 5.83. The van der Waals surface area contributed by atoms with E-state index < -0.39 is 10.0 Å². The van der Waals surface area contributed by atoms with E-state index in [1.165, 1.54) is 19.3 Å². The van der Waals surface area contributed by atoms with Gasteiger partial charge in [-0.1, -0.05) is 26.2 Å². The number of H-pyrrole nitrogens is 1. The van der Waals surface area contributed by atoms with Gasteiger partial charge in [0.2, 0.25) is 10.0 Å². The lowest BCUT2D eigenvalue weighted by molar-refractivity contribution is 0.303. The lowest BCUT2D eigenvalue weighted by Gasteiger charge is -2.27. The van der Waals surface area contributed by atoms with Crippen LogP contribution in [0.15, 0.2) is 17.2 Å². The Balaban J connectivity index is 1.98. The van der Waals surface area contributed by atoms with E-state index in [0.29, 0.717) is 17.4 Å². The van der Waals surface area contributed by atoms with E-state index in [4.69, 9.17) is 0 Å². The molecule has 0 radical (unpaired) electrons. The first-order valence-electron chi connectivity index (χ1n) is 7.93. The molecular formula is C15H27N3O2S. The lowest BCUT2D eigenvalue weighted by atomic mass is 9.85. The highest BCUT2D eigenvalue weighted by Gasteiger charge is 2.25. The summed E-state index contributed by atoms with van der Waals surface area (Å²) >= 11 is 0. The molecule has 0 amide bonds. The molecule has 6 heteroatoms. The molecule has 1 aliphatic rings. The molecule has 0 aromatic carbocycles. The van der Waals surface area contributed by atoms with Gasteiger partial charge in [-0.2, -0.15) is 0 Å². The summed E-state index contributed by atoms with van der Waals surface area (Å²) < 4.78 is 27.7. The van der Waals surface area contributed by atoms with Gasteiger partial charge < -0.3 is 10.3 Å². The van der Waals surface area contributed by atoms with Crippen LogP contribution in [0.3, 0.4) is 0 Å². The minimum atomic E-state index is -3.42. The summed E-state index contributed by atoms with van der Waals surface area (Å²) in [4.78, 5) is 3.35. The zero-order valence-electron chi connectivity index (χ0n) is 13.0. The van der Waals surface area contributed by atoms with Crippen molar-refractivity contribution in [2.75, 3.05) is 6.54 Å². The second-order valence-electron chi connectivity index (χ2n) is 5.95. The molecule has 120 valence electrons. The molecule has 1 heterocycles. The normalized spacial score (nSPS) is 18.8. The van der Waals surface area contributed by atoms with E-state index in [-0.39, 0.29) is 6.04 Å². The van der Waals surface area contributed by atoms with Gasteiger partial charge in [0.1, 0.15) is 0 Å². The van der Waals surface area contributed by atoms with Crippen molar-refractivity contribution in [3.63, 3.8) is 0 Å². The first-order valence-corrected chi connectivity index (χ1v) is 9.41. The maximum Gasteiger partial charge on any atom is 0.242 e. The molecule has 0 saturated heterocycles. The monoisotopic (exact) mass is 313 g/mol. The molecule has 3 N–H and O–H groups in total. The van der Waals surface area contributed by atoms with Gasteiger partial charge in [0.25, 0.3) is 0 Å². The van der Waals surface area contributed by atoms with Gasteiger partial charge in [0.05, 0.1) is 4.90 Å². The zero-order chi connectivity index (χ0) is 15.3. The van der Waals surface area contributed by atoms with Crippen LogP contribution < -0.4 is 10.0 Å². The van der Waals surface area contributed by atoms with Crippen LogP contribution in [0, 0.1) is 5.92 Å². The summed E-state index contributed by atoms with van der Waals surface area (Å²) in [6.45, 7) is 5.52. The van der Waals surface area contributed by atoms with Crippen LogP contribution in [0.4, 0.5) is 0 Å². The van der Waals surface area contributed by atoms with Crippen molar-refractivity contribution in [3.8, 4) is 0 Å². The predicted octanol–water partition coefficient (Wildman–Crippen LogP) is 2.37. The van der Waals surface area contributed by atoms with Crippen molar-refractivity contribution in [1.82, 2.24) is 15.0 Å². The SMILES string of the molecule is CCNCc1cc(S(=O)(=O)NC(C)C2CCCCC2)c[nH]1. The van der Waals surface area contributed by atoms with Gasteiger partial charge in [-0.15, -0.1) is 0 Å². The number of sulfonamides is 1. The number of aromatic amines is 1. The van der Waals surface area contributed by atoms with E-state index >= 15 is 0 Å². The molecule has 1 fully saturated rings. The highest BCUT2D eigenvalue weighted by molar-refractivity contribution is 7.89. The van der Waals surface area contributed by atoms with Crippen LogP contribution in [0.25, 0.3) is 0 Å². The molecule has 0 aliphatic heterocycles. The van der Waals surface area contributed by atoms with Gasteiger partial charge in [-0.05, 0) is 38.3 Å². The summed E-state index contributed by atoms with van der Waals surface area (Å²) in [7, 11) is -3.42. The zero-order valence-corrected chi connectivity index (χ0v) is 13.8. The summed E-state index contributed by atoms with van der Waals surface area (Å²) in [5.74, 6) is 0.466. The maximum absolute atomic E-state index is 12.4. The van der Waals surface area contributed by atoms with Crippen LogP contribution >= 0.6 is 0 Å². The van der Waals surface area contributed by atoms with Crippen molar-refractivity contribution in [2.45, 2.75) is 63.4 Å². The molecule has 1 saturated carbocycles. The molecular weight excluding hydrogens is 286 g/mol. The molecule has 1 atom stereocenters. The molecule has 1 aliphatic carbocycles. The Labute approximate surface area is 128 Å². The Hall–Kier alpha value is -0.850. The van der Waals surface area contributed by atoms with Gasteiger partial charge >= 0.3 is 0 Å². The van der Waals surface area contributed by atoms with Crippen LogP contribution in [-0.2, 0) is 16.6 Å². The molecule has 1 aromatic rings. The quantitative estimate of drug-likeness (QED) is 0.723. The fourth-order valence-corrected chi connectivity index (χ4v) is 4.31. The van der Waals surface area contributed by atoms with Gasteiger partial charge in [0, 0.05) is 24.5 Å². The smallest absolute Gasteiger partial charge is 0.242 e. The second-order valence-corrected chi connectivity index (χ2v) is 7.66. The van der Waals surface area contributed by atoms with Crippen molar-refractivity contribution in [1.29, 1.82) is 0 Å². The first-order chi connectivity index (χ1) is 10.0. The van der Waals surface area contributed by atoms with Crippen molar-refractivity contribution in [2.24, 2.45) is 5.92 Å². The summed E-state index contributed by atoms with van der Waals surface area (Å²) in [6.07, 6.45) is 7.54. The number of hydrogen-bond acceptors (Lipinski definition) is 3. The molecule has 1 aromatic heterocycles. The van der Waals surface area contributed by atoms with E-state index in [2.05, 4.69) is 15.0 Å². The van der Waals surface area contributed by atoms with E-state index in [1.807, 2.05) is 13.8 Å². The molecule has 0 bridgehead atoms. The van der Waals surface area contributed by atoms with Crippen LogP contribution in [0.1, 0.15) is 51.6 Å². The third-order valence-electron chi connectivity index (χ3n) is 4.29. The minimum Gasteiger partial charge on any atom is -0.363 e. The summed E-state index contributed by atoms with van der Waals surface area (Å²) in [5, 5.41) is 3.18. The molecule has 0 spiro atoms. The van der Waals surface area contributed by atoms with Crippen molar-refractivity contribution in [3.05, 3.63) is 18.0 Å². The summed E-state index contributed by atoms with van der Waals surface area (Å²) in [6, 6.07) is 1.71. The van der Waals surface area contributed by atoms with Gasteiger partial charge in [-0.3, -0.25) is 0 Å². The minimum absolute atomic E-state index is 0.00224. The van der Waals surface area contributed by atoms with Crippen molar-refractivity contribution >= 4 is 10.0 Å². The van der Waals surface area contributed by atoms with Crippen LogP contribution in [-0.4, -0.2) is 26.0 Å². The average molecular weight is 313 g/mol. The average Bonchev–Trinajstić information content (AvgIpc) is 2.95. The lowest BCUT2D eigenvalue weighted by Crippen LogP contribution is -2.38. The van der Waals surface area contributed by atoms with E-state index in [1.54, 1.807) is 12.3 Å². The fraction of sp³-hybridized carbons (Fsp3) is 0.733. The molecule has 21 heavy (non-hydrogen) atoms.